The smallest absolute Gasteiger partial charge is 0.277 e. The number of benzene rings is 2. The van der Waals surface area contributed by atoms with E-state index in [1.807, 2.05) is 64.1 Å². The Morgan fingerprint density at radius 2 is 1.36 bits per heavy atom. The number of thioether (sulfide) groups is 1. The summed E-state index contributed by atoms with van der Waals surface area (Å²) in [6.07, 6.45) is 0. The molecule has 7 heteroatoms. The Balaban J connectivity index is 1.49. The second kappa shape index (κ2) is 7.59. The van der Waals surface area contributed by atoms with E-state index >= 15 is 0 Å². The van der Waals surface area contributed by atoms with E-state index in [1.54, 1.807) is 0 Å². The SMILES string of the molecule is Cc1ccc(-c2nnc([C@H](C)Sc3nnc(-c4cc(C)cc(C)c4)o3)o2)cc1. The molecule has 6 nitrogen and oxygen atoms in total. The molecule has 0 unspecified atom stereocenters. The fraction of sp³-hybridized carbons (Fsp3) is 0.238. The summed E-state index contributed by atoms with van der Waals surface area (Å²) in [5.41, 5.74) is 5.32. The molecule has 28 heavy (non-hydrogen) atoms. The van der Waals surface area contributed by atoms with Gasteiger partial charge in [-0.3, -0.25) is 0 Å². The van der Waals surface area contributed by atoms with E-state index in [-0.39, 0.29) is 5.25 Å². The van der Waals surface area contributed by atoms with Crippen LogP contribution in [0.25, 0.3) is 22.9 Å². The molecule has 0 saturated heterocycles. The van der Waals surface area contributed by atoms with Crippen LogP contribution in [0.3, 0.4) is 0 Å². The highest BCUT2D eigenvalue weighted by Crippen LogP contribution is 2.35. The van der Waals surface area contributed by atoms with Gasteiger partial charge in [0.25, 0.3) is 5.22 Å². The number of hydrogen-bond acceptors (Lipinski definition) is 7. The van der Waals surface area contributed by atoms with Crippen LogP contribution in [0, 0.1) is 20.8 Å². The lowest BCUT2D eigenvalue weighted by molar-refractivity contribution is 0.461. The first-order valence-corrected chi connectivity index (χ1v) is 9.85. The first kappa shape index (κ1) is 18.4. The number of rotatable bonds is 5. The molecule has 4 rings (SSSR count). The van der Waals surface area contributed by atoms with Crippen molar-refractivity contribution in [2.45, 2.75) is 38.2 Å². The van der Waals surface area contributed by atoms with Gasteiger partial charge in [0.2, 0.25) is 17.7 Å². The van der Waals surface area contributed by atoms with Gasteiger partial charge in [0, 0.05) is 11.1 Å². The lowest BCUT2D eigenvalue weighted by Gasteiger charge is -2.02. The zero-order valence-electron chi connectivity index (χ0n) is 16.1. The Labute approximate surface area is 167 Å². The van der Waals surface area contributed by atoms with Crippen LogP contribution in [0.2, 0.25) is 0 Å². The van der Waals surface area contributed by atoms with Crippen LogP contribution < -0.4 is 0 Å². The topological polar surface area (TPSA) is 77.8 Å². The van der Waals surface area contributed by atoms with E-state index in [0.29, 0.717) is 22.9 Å². The average Bonchev–Trinajstić information content (AvgIpc) is 3.31. The third-order valence-electron chi connectivity index (χ3n) is 4.24. The highest BCUT2D eigenvalue weighted by Gasteiger charge is 2.20. The predicted molar refractivity (Wildman–Crippen MR) is 108 cm³/mol. The number of aryl methyl sites for hydroxylation is 3. The molecule has 2 aromatic carbocycles. The van der Waals surface area contributed by atoms with Gasteiger partial charge in [0.05, 0.1) is 5.25 Å². The van der Waals surface area contributed by atoms with Crippen LogP contribution >= 0.6 is 11.8 Å². The van der Waals surface area contributed by atoms with Crippen molar-refractivity contribution in [3.05, 3.63) is 65.0 Å². The summed E-state index contributed by atoms with van der Waals surface area (Å²) in [6, 6.07) is 14.2. The normalized spacial score (nSPS) is 12.3. The maximum atomic E-state index is 5.83. The Hall–Kier alpha value is -2.93. The van der Waals surface area contributed by atoms with Crippen LogP contribution in [-0.4, -0.2) is 20.4 Å². The van der Waals surface area contributed by atoms with Gasteiger partial charge in [0.1, 0.15) is 0 Å². The molecule has 0 spiro atoms. The molecular formula is C21H20N4O2S. The second-order valence-electron chi connectivity index (χ2n) is 6.82. The van der Waals surface area contributed by atoms with Gasteiger partial charge in [-0.05, 0) is 52.0 Å². The van der Waals surface area contributed by atoms with Crippen molar-refractivity contribution in [1.82, 2.24) is 20.4 Å². The molecule has 0 aliphatic rings. The highest BCUT2D eigenvalue weighted by atomic mass is 32.2. The summed E-state index contributed by atoms with van der Waals surface area (Å²) < 4.78 is 11.7. The predicted octanol–water partition coefficient (Wildman–Crippen LogP) is 5.57. The van der Waals surface area contributed by atoms with E-state index in [1.165, 1.54) is 17.3 Å². The number of hydrogen-bond donors (Lipinski definition) is 0. The van der Waals surface area contributed by atoms with Gasteiger partial charge in [0.15, 0.2) is 0 Å². The number of nitrogens with zero attached hydrogens (tertiary/aromatic N) is 4. The monoisotopic (exact) mass is 392 g/mol. The van der Waals surface area contributed by atoms with Gasteiger partial charge in [-0.25, -0.2) is 0 Å². The van der Waals surface area contributed by atoms with E-state index in [4.69, 9.17) is 8.83 Å². The Kier molecular flexibility index (Phi) is 5.00. The average molecular weight is 392 g/mol. The quantitative estimate of drug-likeness (QED) is 0.411. The molecule has 0 fully saturated rings. The molecule has 1 atom stereocenters. The van der Waals surface area contributed by atoms with Crippen LogP contribution in [0.15, 0.2) is 56.5 Å². The maximum Gasteiger partial charge on any atom is 0.277 e. The van der Waals surface area contributed by atoms with E-state index < -0.39 is 0 Å². The molecule has 142 valence electrons. The number of aromatic nitrogens is 4. The molecule has 2 heterocycles. The maximum absolute atomic E-state index is 5.83. The van der Waals surface area contributed by atoms with E-state index in [9.17, 15) is 0 Å². The minimum atomic E-state index is -0.112. The third kappa shape index (κ3) is 3.99. The summed E-state index contributed by atoms with van der Waals surface area (Å²) in [7, 11) is 0. The minimum Gasteiger partial charge on any atom is -0.419 e. The van der Waals surface area contributed by atoms with E-state index in [0.717, 1.165) is 22.3 Å². The first-order valence-electron chi connectivity index (χ1n) is 8.97. The molecule has 0 saturated carbocycles. The molecule has 0 bridgehead atoms. The van der Waals surface area contributed by atoms with Crippen molar-refractivity contribution in [2.24, 2.45) is 0 Å². The molecule has 0 amide bonds. The largest absolute Gasteiger partial charge is 0.419 e. The standard InChI is InChI=1S/C21H20N4O2S/c1-12-5-7-16(8-6-12)19-23-22-18(26-19)15(4)28-21-25-24-20(27-21)17-10-13(2)9-14(3)11-17/h5-11,15H,1-4H3/t15-/m0/s1. The van der Waals surface area contributed by atoms with Crippen molar-refractivity contribution in [2.75, 3.05) is 0 Å². The molecule has 4 aromatic rings. The molecule has 0 aliphatic carbocycles. The third-order valence-corrected chi connectivity index (χ3v) is 5.16. The van der Waals surface area contributed by atoms with Gasteiger partial charge < -0.3 is 8.83 Å². The van der Waals surface area contributed by atoms with Crippen molar-refractivity contribution >= 4 is 11.8 Å². The summed E-state index contributed by atoms with van der Waals surface area (Å²) >= 11 is 1.40. The van der Waals surface area contributed by atoms with Gasteiger partial charge in [-0.1, -0.05) is 46.7 Å². The summed E-state index contributed by atoms with van der Waals surface area (Å²) in [4.78, 5) is 0. The van der Waals surface area contributed by atoms with Crippen molar-refractivity contribution in [3.8, 4) is 22.9 Å². The Bertz CT molecular complexity index is 1080. The molecule has 0 radical (unpaired) electrons. The summed E-state index contributed by atoms with van der Waals surface area (Å²) in [5, 5.41) is 17.0. The fourth-order valence-corrected chi connectivity index (χ4v) is 3.60. The zero-order valence-corrected chi connectivity index (χ0v) is 16.9. The minimum absolute atomic E-state index is 0.112. The summed E-state index contributed by atoms with van der Waals surface area (Å²) in [6.45, 7) is 8.11. The first-order chi connectivity index (χ1) is 13.5. The molecular weight excluding hydrogens is 372 g/mol. The Morgan fingerprint density at radius 3 is 2.07 bits per heavy atom. The fourth-order valence-electron chi connectivity index (χ4n) is 2.89. The molecule has 0 aliphatic heterocycles. The van der Waals surface area contributed by atoms with Crippen LogP contribution in [0.1, 0.15) is 34.8 Å². The Morgan fingerprint density at radius 1 is 0.714 bits per heavy atom. The van der Waals surface area contributed by atoms with Crippen molar-refractivity contribution < 1.29 is 8.83 Å². The van der Waals surface area contributed by atoms with Crippen LogP contribution in [-0.2, 0) is 0 Å². The lowest BCUT2D eigenvalue weighted by Crippen LogP contribution is -1.88. The van der Waals surface area contributed by atoms with Crippen LogP contribution in [0.5, 0.6) is 0 Å². The van der Waals surface area contributed by atoms with Gasteiger partial charge in [-0.15, -0.1) is 20.4 Å². The van der Waals surface area contributed by atoms with E-state index in [2.05, 4.69) is 26.5 Å². The van der Waals surface area contributed by atoms with Crippen molar-refractivity contribution in [3.63, 3.8) is 0 Å². The van der Waals surface area contributed by atoms with Crippen molar-refractivity contribution in [1.29, 1.82) is 0 Å². The van der Waals surface area contributed by atoms with Gasteiger partial charge in [-0.2, -0.15) is 0 Å². The molecule has 0 N–H and O–H groups in total. The lowest BCUT2D eigenvalue weighted by atomic mass is 10.1. The highest BCUT2D eigenvalue weighted by molar-refractivity contribution is 7.99. The van der Waals surface area contributed by atoms with Gasteiger partial charge >= 0.3 is 0 Å². The zero-order chi connectivity index (χ0) is 19.7. The summed E-state index contributed by atoms with van der Waals surface area (Å²) in [5.74, 6) is 1.53. The molecule has 2 aromatic heterocycles. The second-order valence-corrected chi connectivity index (χ2v) is 8.11. The van der Waals surface area contributed by atoms with Crippen LogP contribution in [0.4, 0.5) is 0 Å².